The molecule has 1 aromatic carbocycles. The summed E-state index contributed by atoms with van der Waals surface area (Å²) >= 11 is 0. The van der Waals surface area contributed by atoms with E-state index in [1.165, 1.54) is 0 Å². The first-order chi connectivity index (χ1) is 9.34. The lowest BCUT2D eigenvalue weighted by molar-refractivity contribution is 0.0317. The van der Waals surface area contributed by atoms with Crippen molar-refractivity contribution >= 4 is 11.0 Å². The third-order valence-corrected chi connectivity index (χ3v) is 4.81. The van der Waals surface area contributed by atoms with Gasteiger partial charge in [0.15, 0.2) is 0 Å². The van der Waals surface area contributed by atoms with Crippen LogP contribution in [-0.4, -0.2) is 21.1 Å². The van der Waals surface area contributed by atoms with E-state index in [9.17, 15) is 4.21 Å². The third-order valence-electron chi connectivity index (χ3n) is 3.18. The molecule has 0 bridgehead atoms. The van der Waals surface area contributed by atoms with Crippen LogP contribution in [0.5, 0.6) is 0 Å². The average molecular weight is 297 g/mol. The fourth-order valence-electron chi connectivity index (χ4n) is 1.74. The van der Waals surface area contributed by atoms with E-state index < -0.39 is 11.0 Å². The highest BCUT2D eigenvalue weighted by molar-refractivity contribution is 7.84. The molecule has 0 amide bonds. The summed E-state index contributed by atoms with van der Waals surface area (Å²) in [4.78, 5) is 0. The maximum atomic E-state index is 12.2. The van der Waals surface area contributed by atoms with Crippen LogP contribution in [0.15, 0.2) is 30.3 Å². The van der Waals surface area contributed by atoms with E-state index in [1.807, 2.05) is 45.9 Å². The number of nitrogens with one attached hydrogen (secondary N) is 1. The zero-order valence-electron chi connectivity index (χ0n) is 13.2. The van der Waals surface area contributed by atoms with Crippen LogP contribution >= 0.6 is 0 Å². The van der Waals surface area contributed by atoms with Crippen LogP contribution in [0, 0.1) is 0 Å². The summed E-state index contributed by atoms with van der Waals surface area (Å²) in [6, 6.07) is 10.2. The molecule has 3 atom stereocenters. The van der Waals surface area contributed by atoms with Crippen LogP contribution < -0.4 is 4.72 Å². The number of hydrogen-bond acceptors (Lipinski definition) is 2. The monoisotopic (exact) mass is 297 g/mol. The van der Waals surface area contributed by atoms with Crippen molar-refractivity contribution < 1.29 is 8.95 Å². The molecule has 0 saturated carbocycles. The van der Waals surface area contributed by atoms with Crippen LogP contribution in [-0.2, 0) is 22.3 Å². The Hall–Kier alpha value is -0.710. The molecule has 0 spiro atoms. The molecular formula is C16H27NO2S. The van der Waals surface area contributed by atoms with Gasteiger partial charge >= 0.3 is 0 Å². The van der Waals surface area contributed by atoms with Gasteiger partial charge in [0.25, 0.3) is 0 Å². The van der Waals surface area contributed by atoms with Crippen molar-refractivity contribution in [3.05, 3.63) is 35.9 Å². The Morgan fingerprint density at radius 1 is 1.25 bits per heavy atom. The summed E-state index contributed by atoms with van der Waals surface area (Å²) in [5.74, 6) is 0. The van der Waals surface area contributed by atoms with Crippen molar-refractivity contribution in [3.63, 3.8) is 0 Å². The summed E-state index contributed by atoms with van der Waals surface area (Å²) in [6.07, 6.45) is 0.907. The van der Waals surface area contributed by atoms with E-state index in [4.69, 9.17) is 4.74 Å². The number of benzene rings is 1. The Morgan fingerprint density at radius 3 is 2.35 bits per heavy atom. The van der Waals surface area contributed by atoms with Gasteiger partial charge in [0, 0.05) is 6.04 Å². The largest absolute Gasteiger partial charge is 0.372 e. The molecule has 0 aliphatic rings. The van der Waals surface area contributed by atoms with E-state index in [0.717, 1.165) is 12.0 Å². The van der Waals surface area contributed by atoms with Crippen molar-refractivity contribution in [2.24, 2.45) is 0 Å². The molecule has 20 heavy (non-hydrogen) atoms. The predicted molar refractivity (Wildman–Crippen MR) is 85.8 cm³/mol. The normalized spacial score (nSPS) is 16.6. The van der Waals surface area contributed by atoms with Gasteiger partial charge in [-0.05, 0) is 39.7 Å². The van der Waals surface area contributed by atoms with Gasteiger partial charge in [-0.2, -0.15) is 0 Å². The Labute approximate surface area is 125 Å². The minimum atomic E-state index is -1.07. The predicted octanol–water partition coefficient (Wildman–Crippen LogP) is 3.42. The van der Waals surface area contributed by atoms with Crippen molar-refractivity contribution in [2.75, 3.05) is 0 Å². The molecule has 1 rings (SSSR count). The molecule has 3 nitrogen and oxygen atoms in total. The Kier molecular flexibility index (Phi) is 6.86. The zero-order valence-corrected chi connectivity index (χ0v) is 14.0. The molecule has 0 saturated heterocycles. The summed E-state index contributed by atoms with van der Waals surface area (Å²) in [6.45, 7) is 10.6. The number of hydrogen-bond donors (Lipinski definition) is 1. The van der Waals surface area contributed by atoms with Gasteiger partial charge in [0.1, 0.15) is 0 Å². The standard InChI is InChI=1S/C16H27NO2S/c1-6-15(17-20(18)16(3,4)5)13(2)19-12-14-10-8-7-9-11-14/h7-11,13,15,17H,6,12H2,1-5H3/t13-,15+,20+/m0/s1. The second-order valence-electron chi connectivity index (χ2n) is 6.02. The first-order valence-electron chi connectivity index (χ1n) is 7.18. The molecular weight excluding hydrogens is 270 g/mol. The van der Waals surface area contributed by atoms with Crippen molar-refractivity contribution in [1.29, 1.82) is 0 Å². The molecule has 0 radical (unpaired) electrons. The van der Waals surface area contributed by atoms with Crippen molar-refractivity contribution in [2.45, 2.75) is 64.5 Å². The first-order valence-corrected chi connectivity index (χ1v) is 8.33. The first kappa shape index (κ1) is 17.3. The van der Waals surface area contributed by atoms with Crippen LogP contribution in [0.4, 0.5) is 0 Å². The molecule has 0 unspecified atom stereocenters. The van der Waals surface area contributed by atoms with E-state index in [2.05, 4.69) is 23.8 Å². The molecule has 0 heterocycles. The highest BCUT2D eigenvalue weighted by Crippen LogP contribution is 2.13. The molecule has 0 aliphatic carbocycles. The van der Waals surface area contributed by atoms with Crippen LogP contribution in [0.3, 0.4) is 0 Å². The fraction of sp³-hybridized carbons (Fsp3) is 0.625. The zero-order chi connectivity index (χ0) is 15.2. The van der Waals surface area contributed by atoms with Gasteiger partial charge in [-0.1, -0.05) is 37.3 Å². The second-order valence-corrected chi connectivity index (χ2v) is 8.01. The minimum Gasteiger partial charge on any atom is -0.372 e. The average Bonchev–Trinajstić information content (AvgIpc) is 2.41. The molecule has 0 fully saturated rings. The highest BCUT2D eigenvalue weighted by atomic mass is 32.2. The van der Waals surface area contributed by atoms with E-state index in [0.29, 0.717) is 6.61 Å². The second kappa shape index (κ2) is 7.91. The van der Waals surface area contributed by atoms with Crippen LogP contribution in [0.2, 0.25) is 0 Å². The lowest BCUT2D eigenvalue weighted by atomic mass is 10.1. The summed E-state index contributed by atoms with van der Waals surface area (Å²) in [5, 5.41) is 0. The molecule has 1 aromatic rings. The molecule has 1 N–H and O–H groups in total. The van der Waals surface area contributed by atoms with E-state index >= 15 is 0 Å². The fourth-order valence-corrected chi connectivity index (χ4v) is 2.73. The number of rotatable bonds is 7. The van der Waals surface area contributed by atoms with Gasteiger partial charge in [0.2, 0.25) is 0 Å². The van der Waals surface area contributed by atoms with Gasteiger partial charge in [-0.15, -0.1) is 0 Å². The van der Waals surface area contributed by atoms with Gasteiger partial charge in [-0.25, -0.2) is 8.93 Å². The Balaban J connectivity index is 2.51. The third kappa shape index (κ3) is 5.73. The minimum absolute atomic E-state index is 0.0199. The van der Waals surface area contributed by atoms with Crippen molar-refractivity contribution in [3.8, 4) is 0 Å². The lowest BCUT2D eigenvalue weighted by Crippen LogP contribution is -2.45. The molecule has 4 heteroatoms. The topological polar surface area (TPSA) is 38.3 Å². The SMILES string of the molecule is CC[C@@H](N[S@](=O)C(C)(C)C)[C@H](C)OCc1ccccc1. The maximum Gasteiger partial charge on any atom is 0.0973 e. The smallest absolute Gasteiger partial charge is 0.0973 e. The summed E-state index contributed by atoms with van der Waals surface area (Å²) in [7, 11) is -1.07. The van der Waals surface area contributed by atoms with E-state index in [-0.39, 0.29) is 16.9 Å². The lowest BCUT2D eigenvalue weighted by Gasteiger charge is -2.27. The Bertz CT molecular complexity index is 414. The highest BCUT2D eigenvalue weighted by Gasteiger charge is 2.25. The maximum absolute atomic E-state index is 12.2. The van der Waals surface area contributed by atoms with Gasteiger partial charge < -0.3 is 4.74 Å². The van der Waals surface area contributed by atoms with Crippen molar-refractivity contribution in [1.82, 2.24) is 4.72 Å². The van der Waals surface area contributed by atoms with Gasteiger partial charge in [-0.3, -0.25) is 0 Å². The quantitative estimate of drug-likeness (QED) is 0.837. The molecule has 114 valence electrons. The van der Waals surface area contributed by atoms with Gasteiger partial charge in [0.05, 0.1) is 28.4 Å². The van der Waals surface area contributed by atoms with Crippen LogP contribution in [0.25, 0.3) is 0 Å². The van der Waals surface area contributed by atoms with E-state index in [1.54, 1.807) is 0 Å². The number of ether oxygens (including phenoxy) is 1. The Morgan fingerprint density at radius 2 is 1.85 bits per heavy atom. The molecule has 0 aliphatic heterocycles. The summed E-state index contributed by atoms with van der Waals surface area (Å²) in [5.41, 5.74) is 1.16. The molecule has 0 aromatic heterocycles. The van der Waals surface area contributed by atoms with Crippen LogP contribution in [0.1, 0.15) is 46.6 Å². The summed E-state index contributed by atoms with van der Waals surface area (Å²) < 4.78 is 21.0.